The number of para-hydroxylation sites is 1. The van der Waals surface area contributed by atoms with Gasteiger partial charge in [0.05, 0.1) is 5.69 Å². The average Bonchev–Trinajstić information content (AvgIpc) is 3.58. The van der Waals surface area contributed by atoms with Crippen molar-refractivity contribution in [3.63, 3.8) is 0 Å². The molecule has 0 unspecified atom stereocenters. The molecule has 0 aliphatic heterocycles. The molecule has 0 N–H and O–H groups in total. The molecule has 0 amide bonds. The summed E-state index contributed by atoms with van der Waals surface area (Å²) in [6, 6.07) is 81.1. The largest absolute Gasteiger partial charge is 0.310 e. The standard InChI is InChI=1S/C61H44FN/c1-61(2)56-31-12-9-24-49(56)54-30-17-27-48(60(54)61)43-34-36-45(37-35-43)63(46-38-39-47(41-18-5-3-6-19-41)55(40-46)42-20-7-4-8-21-42)58-33-14-11-26-51(58)53-29-16-23-44-22-15-28-52(59(44)53)50-25-10-13-32-57(50)62/h3-40H,1-2H3. The predicted molar refractivity (Wildman–Crippen MR) is 263 cm³/mol. The van der Waals surface area contributed by atoms with Gasteiger partial charge in [0.15, 0.2) is 0 Å². The van der Waals surface area contributed by atoms with Gasteiger partial charge in [-0.25, -0.2) is 4.39 Å². The van der Waals surface area contributed by atoms with Crippen molar-refractivity contribution in [1.82, 2.24) is 0 Å². The Hall–Kier alpha value is -7.81. The summed E-state index contributed by atoms with van der Waals surface area (Å²) in [4.78, 5) is 2.39. The minimum Gasteiger partial charge on any atom is -0.310 e. The molecule has 0 atom stereocenters. The zero-order valence-corrected chi connectivity index (χ0v) is 35.3. The molecule has 10 aromatic carbocycles. The van der Waals surface area contributed by atoms with Crippen LogP contribution < -0.4 is 4.90 Å². The molecular formula is C61H44FN. The Balaban J connectivity index is 1.13. The molecule has 0 heterocycles. The van der Waals surface area contributed by atoms with Gasteiger partial charge in [0, 0.05) is 27.9 Å². The lowest BCUT2D eigenvalue weighted by atomic mass is 9.79. The van der Waals surface area contributed by atoms with E-state index in [9.17, 15) is 0 Å². The average molecular weight is 810 g/mol. The lowest BCUT2D eigenvalue weighted by molar-refractivity contribution is 0.631. The van der Waals surface area contributed by atoms with Crippen LogP contribution in [0.2, 0.25) is 0 Å². The van der Waals surface area contributed by atoms with Crippen molar-refractivity contribution in [3.05, 3.63) is 247 Å². The molecule has 0 spiro atoms. The van der Waals surface area contributed by atoms with E-state index in [0.717, 1.165) is 61.2 Å². The van der Waals surface area contributed by atoms with Gasteiger partial charge in [0.25, 0.3) is 0 Å². The number of fused-ring (bicyclic) bond motifs is 4. The van der Waals surface area contributed by atoms with Gasteiger partial charge in [0.2, 0.25) is 0 Å². The van der Waals surface area contributed by atoms with E-state index in [1.807, 2.05) is 24.3 Å². The molecule has 0 bridgehead atoms. The minimum absolute atomic E-state index is 0.138. The third-order valence-corrected chi connectivity index (χ3v) is 13.0. The molecule has 63 heavy (non-hydrogen) atoms. The van der Waals surface area contributed by atoms with Crippen molar-refractivity contribution in [2.75, 3.05) is 4.90 Å². The normalized spacial score (nSPS) is 12.5. The van der Waals surface area contributed by atoms with Gasteiger partial charge >= 0.3 is 0 Å². The molecule has 1 aliphatic carbocycles. The molecule has 0 radical (unpaired) electrons. The number of hydrogen-bond donors (Lipinski definition) is 0. The Bertz CT molecular complexity index is 3310. The van der Waals surface area contributed by atoms with Crippen LogP contribution in [0, 0.1) is 5.82 Å². The van der Waals surface area contributed by atoms with E-state index >= 15 is 4.39 Å². The second kappa shape index (κ2) is 15.6. The van der Waals surface area contributed by atoms with Crippen LogP contribution >= 0.6 is 0 Å². The Morgan fingerprint density at radius 1 is 0.349 bits per heavy atom. The van der Waals surface area contributed by atoms with Gasteiger partial charge in [-0.1, -0.05) is 208 Å². The van der Waals surface area contributed by atoms with Crippen LogP contribution in [0.5, 0.6) is 0 Å². The molecule has 10 aromatic rings. The summed E-state index contributed by atoms with van der Waals surface area (Å²) in [7, 11) is 0. The first-order valence-corrected chi connectivity index (χ1v) is 21.7. The van der Waals surface area contributed by atoms with Crippen molar-refractivity contribution in [2.45, 2.75) is 19.3 Å². The summed E-state index contributed by atoms with van der Waals surface area (Å²) in [5, 5.41) is 2.07. The van der Waals surface area contributed by atoms with Crippen LogP contribution in [0.4, 0.5) is 21.5 Å². The van der Waals surface area contributed by atoms with Gasteiger partial charge < -0.3 is 4.90 Å². The van der Waals surface area contributed by atoms with E-state index in [-0.39, 0.29) is 11.2 Å². The Labute approximate surface area is 369 Å². The number of halogens is 1. The van der Waals surface area contributed by atoms with Gasteiger partial charge in [0.1, 0.15) is 5.82 Å². The van der Waals surface area contributed by atoms with E-state index in [0.29, 0.717) is 5.56 Å². The van der Waals surface area contributed by atoms with Gasteiger partial charge in [-0.05, 0) is 114 Å². The zero-order valence-electron chi connectivity index (χ0n) is 35.3. The third-order valence-electron chi connectivity index (χ3n) is 13.0. The lowest BCUT2D eigenvalue weighted by Gasteiger charge is -2.30. The van der Waals surface area contributed by atoms with Crippen molar-refractivity contribution >= 4 is 27.8 Å². The van der Waals surface area contributed by atoms with Crippen LogP contribution in [0.25, 0.3) is 77.5 Å². The van der Waals surface area contributed by atoms with E-state index in [1.54, 1.807) is 12.1 Å². The number of hydrogen-bond acceptors (Lipinski definition) is 1. The van der Waals surface area contributed by atoms with Crippen LogP contribution in [0.1, 0.15) is 25.0 Å². The Morgan fingerprint density at radius 3 is 1.57 bits per heavy atom. The summed E-state index contributed by atoms with van der Waals surface area (Å²) < 4.78 is 15.7. The van der Waals surface area contributed by atoms with Crippen LogP contribution in [0.3, 0.4) is 0 Å². The van der Waals surface area contributed by atoms with Crippen LogP contribution in [-0.2, 0) is 5.41 Å². The van der Waals surface area contributed by atoms with Crippen LogP contribution in [0.15, 0.2) is 231 Å². The summed E-state index contributed by atoms with van der Waals surface area (Å²) in [6.45, 7) is 4.70. The Morgan fingerprint density at radius 2 is 0.857 bits per heavy atom. The number of anilines is 3. The van der Waals surface area contributed by atoms with Gasteiger partial charge in [-0.3, -0.25) is 0 Å². The molecule has 1 nitrogen and oxygen atoms in total. The second-order valence-corrected chi connectivity index (χ2v) is 16.9. The van der Waals surface area contributed by atoms with Crippen molar-refractivity contribution in [3.8, 4) is 66.8 Å². The fraction of sp³-hybridized carbons (Fsp3) is 0.0492. The highest BCUT2D eigenvalue weighted by molar-refractivity contribution is 6.09. The molecule has 0 aromatic heterocycles. The molecule has 0 saturated carbocycles. The van der Waals surface area contributed by atoms with E-state index in [4.69, 9.17) is 0 Å². The topological polar surface area (TPSA) is 3.24 Å². The summed E-state index contributed by atoms with van der Waals surface area (Å²) in [5.74, 6) is -0.238. The van der Waals surface area contributed by atoms with Crippen molar-refractivity contribution < 1.29 is 4.39 Å². The molecule has 11 rings (SSSR count). The predicted octanol–water partition coefficient (Wildman–Crippen LogP) is 17.1. The number of nitrogens with zero attached hydrogens (tertiary/aromatic N) is 1. The molecule has 0 saturated heterocycles. The van der Waals surface area contributed by atoms with Gasteiger partial charge in [-0.2, -0.15) is 0 Å². The monoisotopic (exact) mass is 809 g/mol. The van der Waals surface area contributed by atoms with E-state index < -0.39 is 0 Å². The Kier molecular flexibility index (Phi) is 9.43. The summed E-state index contributed by atoms with van der Waals surface area (Å²) >= 11 is 0. The lowest BCUT2D eigenvalue weighted by Crippen LogP contribution is -2.16. The SMILES string of the molecule is CC1(C)c2ccccc2-c2cccc(-c3ccc(N(c4ccc(-c5ccccc5)c(-c5ccccc5)c4)c4ccccc4-c4cccc5cccc(-c6ccccc6F)c45)cc3)c21. The number of rotatable bonds is 8. The fourth-order valence-corrected chi connectivity index (χ4v) is 10.1. The maximum atomic E-state index is 15.7. The highest BCUT2D eigenvalue weighted by atomic mass is 19.1. The van der Waals surface area contributed by atoms with Gasteiger partial charge in [-0.15, -0.1) is 0 Å². The highest BCUT2D eigenvalue weighted by Gasteiger charge is 2.37. The van der Waals surface area contributed by atoms with E-state index in [1.165, 1.54) is 38.9 Å². The zero-order chi connectivity index (χ0) is 42.5. The molecule has 0 fully saturated rings. The minimum atomic E-state index is -0.238. The maximum Gasteiger partial charge on any atom is 0.131 e. The molecular weight excluding hydrogens is 766 g/mol. The maximum absolute atomic E-state index is 15.7. The fourth-order valence-electron chi connectivity index (χ4n) is 10.1. The van der Waals surface area contributed by atoms with E-state index in [2.05, 4.69) is 213 Å². The first kappa shape index (κ1) is 38.1. The molecule has 1 aliphatic rings. The number of benzene rings is 10. The summed E-state index contributed by atoms with van der Waals surface area (Å²) in [5.41, 5.74) is 18.9. The highest BCUT2D eigenvalue weighted by Crippen LogP contribution is 2.53. The van der Waals surface area contributed by atoms with Crippen molar-refractivity contribution in [1.29, 1.82) is 0 Å². The first-order chi connectivity index (χ1) is 31.0. The molecule has 2 heteroatoms. The smallest absolute Gasteiger partial charge is 0.131 e. The third kappa shape index (κ3) is 6.54. The quantitative estimate of drug-likeness (QED) is 0.148. The second-order valence-electron chi connectivity index (χ2n) is 16.9. The summed E-state index contributed by atoms with van der Waals surface area (Å²) in [6.07, 6.45) is 0. The van der Waals surface area contributed by atoms with Crippen molar-refractivity contribution in [2.24, 2.45) is 0 Å². The molecule has 300 valence electrons. The van der Waals surface area contributed by atoms with Crippen LogP contribution in [-0.4, -0.2) is 0 Å². The first-order valence-electron chi connectivity index (χ1n) is 21.7.